The van der Waals surface area contributed by atoms with E-state index < -0.39 is 11.9 Å². The number of hydrogen-bond donors (Lipinski definition) is 2. The van der Waals surface area contributed by atoms with E-state index in [4.69, 9.17) is 18.9 Å². The van der Waals surface area contributed by atoms with Crippen LogP contribution in [0.15, 0.2) is 48.6 Å². The summed E-state index contributed by atoms with van der Waals surface area (Å²) in [6.07, 6.45) is 7.26. The first-order valence-corrected chi connectivity index (χ1v) is 9.60. The summed E-state index contributed by atoms with van der Waals surface area (Å²) in [4.78, 5) is 21.5. The maximum absolute atomic E-state index is 10.8. The van der Waals surface area contributed by atoms with Gasteiger partial charge in [0.05, 0.1) is 13.2 Å². The number of benzene rings is 2. The summed E-state index contributed by atoms with van der Waals surface area (Å²) in [5, 5.41) is 19.0. The average Bonchev–Trinajstić information content (AvgIpc) is 2.72. The molecule has 0 aliphatic rings. The Morgan fingerprint density at radius 2 is 1.25 bits per heavy atom. The lowest BCUT2D eigenvalue weighted by atomic mass is 10.2. The second kappa shape index (κ2) is 14.4. The van der Waals surface area contributed by atoms with Crippen LogP contribution in [0.2, 0.25) is 0 Å². The first-order valence-electron chi connectivity index (χ1n) is 9.60. The number of phenolic OH excluding ortho intramolecular Hbond substituents is 2. The summed E-state index contributed by atoms with van der Waals surface area (Å²) in [5.41, 5.74) is 1.64. The molecule has 0 saturated heterocycles. The number of carbonyl (C=O) groups excluding carboxylic acids is 2. The van der Waals surface area contributed by atoms with Crippen LogP contribution in [0.1, 0.15) is 25.0 Å². The van der Waals surface area contributed by atoms with Crippen molar-refractivity contribution in [3.05, 3.63) is 59.7 Å². The number of hydrogen-bond acceptors (Lipinski definition) is 8. The van der Waals surface area contributed by atoms with Gasteiger partial charge in [0.2, 0.25) is 0 Å². The SMILES string of the molecule is COC/C=C/c1ccc(O)c(OC(C)=O)c1.COC/C=C/c1ccc(OC(C)=O)c(O)c1. The van der Waals surface area contributed by atoms with Crippen LogP contribution < -0.4 is 9.47 Å². The molecular weight excluding hydrogens is 416 g/mol. The zero-order chi connectivity index (χ0) is 23.9. The fourth-order valence-corrected chi connectivity index (χ4v) is 2.31. The van der Waals surface area contributed by atoms with Gasteiger partial charge in [-0.15, -0.1) is 0 Å². The molecule has 0 radical (unpaired) electrons. The van der Waals surface area contributed by atoms with E-state index in [9.17, 15) is 19.8 Å². The monoisotopic (exact) mass is 444 g/mol. The number of aromatic hydroxyl groups is 2. The summed E-state index contributed by atoms with van der Waals surface area (Å²) in [7, 11) is 3.21. The molecule has 2 aromatic carbocycles. The Balaban J connectivity index is 0.000000320. The van der Waals surface area contributed by atoms with Gasteiger partial charge in [0, 0.05) is 28.1 Å². The summed E-state index contributed by atoms with van der Waals surface area (Å²) in [6, 6.07) is 9.58. The molecule has 0 spiro atoms. The number of methoxy groups -OCH3 is 2. The molecular formula is C24H28O8. The molecule has 0 heterocycles. The molecule has 8 heteroatoms. The van der Waals surface area contributed by atoms with Crippen LogP contribution in [0.4, 0.5) is 0 Å². The van der Waals surface area contributed by atoms with Crippen LogP contribution in [0.5, 0.6) is 23.0 Å². The highest BCUT2D eigenvalue weighted by Crippen LogP contribution is 2.28. The number of phenols is 2. The molecule has 0 aromatic heterocycles. The highest BCUT2D eigenvalue weighted by Gasteiger charge is 2.05. The third-order valence-electron chi connectivity index (χ3n) is 3.62. The van der Waals surface area contributed by atoms with Crippen molar-refractivity contribution in [2.75, 3.05) is 27.4 Å². The Morgan fingerprint density at radius 1 is 0.750 bits per heavy atom. The molecule has 8 nitrogen and oxygen atoms in total. The molecule has 32 heavy (non-hydrogen) atoms. The maximum Gasteiger partial charge on any atom is 0.308 e. The second-order valence-electron chi connectivity index (χ2n) is 6.36. The minimum Gasteiger partial charge on any atom is -0.504 e. The first kappa shape index (κ1) is 26.4. The Bertz CT molecular complexity index is 947. The molecule has 2 N–H and O–H groups in total. The van der Waals surface area contributed by atoms with Crippen LogP contribution in [0, 0.1) is 0 Å². The molecule has 0 aliphatic heterocycles. The predicted molar refractivity (Wildman–Crippen MR) is 121 cm³/mol. The van der Waals surface area contributed by atoms with Crippen LogP contribution in [-0.4, -0.2) is 49.6 Å². The minimum atomic E-state index is -0.465. The lowest BCUT2D eigenvalue weighted by Crippen LogP contribution is -2.01. The van der Waals surface area contributed by atoms with Crippen molar-refractivity contribution in [1.82, 2.24) is 0 Å². The second-order valence-corrected chi connectivity index (χ2v) is 6.36. The molecule has 0 fully saturated rings. The Kier molecular flexibility index (Phi) is 11.9. The average molecular weight is 444 g/mol. The lowest BCUT2D eigenvalue weighted by molar-refractivity contribution is -0.132. The minimum absolute atomic E-state index is 0.0564. The van der Waals surface area contributed by atoms with Gasteiger partial charge < -0.3 is 29.2 Å². The zero-order valence-electron chi connectivity index (χ0n) is 18.5. The van der Waals surface area contributed by atoms with E-state index in [1.165, 1.54) is 26.0 Å². The topological polar surface area (TPSA) is 112 Å². The quantitative estimate of drug-likeness (QED) is 0.465. The van der Waals surface area contributed by atoms with Crippen molar-refractivity contribution >= 4 is 24.1 Å². The normalized spacial score (nSPS) is 10.6. The van der Waals surface area contributed by atoms with Crippen molar-refractivity contribution in [2.24, 2.45) is 0 Å². The predicted octanol–water partition coefficient (Wildman–Crippen LogP) is 3.95. The fraction of sp³-hybridized carbons (Fsp3) is 0.250. The Labute approximate surface area is 187 Å². The number of esters is 2. The van der Waals surface area contributed by atoms with Gasteiger partial charge in [0.1, 0.15) is 0 Å². The van der Waals surface area contributed by atoms with Gasteiger partial charge in [-0.2, -0.15) is 0 Å². The number of ether oxygens (including phenoxy) is 4. The molecule has 0 aliphatic carbocycles. The van der Waals surface area contributed by atoms with Crippen molar-refractivity contribution in [3.63, 3.8) is 0 Å². The molecule has 0 amide bonds. The smallest absolute Gasteiger partial charge is 0.308 e. The van der Waals surface area contributed by atoms with E-state index in [1.54, 1.807) is 44.6 Å². The molecule has 0 unspecified atom stereocenters. The van der Waals surface area contributed by atoms with Crippen molar-refractivity contribution < 1.29 is 38.7 Å². The van der Waals surface area contributed by atoms with Crippen LogP contribution in [0.3, 0.4) is 0 Å². The molecule has 0 bridgehead atoms. The number of rotatable bonds is 8. The van der Waals surface area contributed by atoms with Crippen molar-refractivity contribution in [1.29, 1.82) is 0 Å². The van der Waals surface area contributed by atoms with E-state index in [1.807, 2.05) is 18.2 Å². The zero-order valence-corrected chi connectivity index (χ0v) is 18.5. The molecule has 172 valence electrons. The van der Waals surface area contributed by atoms with Crippen molar-refractivity contribution in [2.45, 2.75) is 13.8 Å². The molecule has 2 aromatic rings. The lowest BCUT2D eigenvalue weighted by Gasteiger charge is -2.04. The van der Waals surface area contributed by atoms with Crippen LogP contribution >= 0.6 is 0 Å². The third-order valence-corrected chi connectivity index (χ3v) is 3.62. The van der Waals surface area contributed by atoms with Crippen molar-refractivity contribution in [3.8, 4) is 23.0 Å². The maximum atomic E-state index is 10.8. The highest BCUT2D eigenvalue weighted by atomic mass is 16.5. The first-order chi connectivity index (χ1) is 15.3. The van der Waals surface area contributed by atoms with E-state index in [-0.39, 0.29) is 23.0 Å². The molecule has 2 rings (SSSR count). The summed E-state index contributed by atoms with van der Waals surface area (Å²) in [6.45, 7) is 3.58. The van der Waals surface area contributed by atoms with Gasteiger partial charge in [-0.3, -0.25) is 9.59 Å². The van der Waals surface area contributed by atoms with Gasteiger partial charge in [-0.05, 0) is 35.4 Å². The van der Waals surface area contributed by atoms with E-state index in [0.717, 1.165) is 11.1 Å². The van der Waals surface area contributed by atoms with Crippen LogP contribution in [0.25, 0.3) is 12.2 Å². The van der Waals surface area contributed by atoms with Crippen LogP contribution in [-0.2, 0) is 19.1 Å². The largest absolute Gasteiger partial charge is 0.504 e. The highest BCUT2D eigenvalue weighted by molar-refractivity contribution is 5.71. The number of carbonyl (C=O) groups is 2. The van der Waals surface area contributed by atoms with Gasteiger partial charge in [-0.1, -0.05) is 36.4 Å². The standard InChI is InChI=1S/2C12H14O4/c1-9(13)16-12-6-5-10(8-11(12)14)4-3-7-15-2;1-9(13)16-12-8-10(4-3-7-15-2)5-6-11(12)14/h2*3-6,8,14H,7H2,1-2H3/b2*4-3+. The Hall–Kier alpha value is -3.62. The van der Waals surface area contributed by atoms with E-state index in [0.29, 0.717) is 13.2 Å². The molecule has 0 saturated carbocycles. The third kappa shape index (κ3) is 10.4. The van der Waals surface area contributed by atoms with Gasteiger partial charge in [0.25, 0.3) is 0 Å². The summed E-state index contributed by atoms with van der Waals surface area (Å²) in [5.74, 6) is -0.719. The van der Waals surface area contributed by atoms with Gasteiger partial charge in [-0.25, -0.2) is 0 Å². The summed E-state index contributed by atoms with van der Waals surface area (Å²) < 4.78 is 19.3. The van der Waals surface area contributed by atoms with Gasteiger partial charge in [0.15, 0.2) is 23.0 Å². The molecule has 0 atom stereocenters. The Morgan fingerprint density at radius 3 is 1.75 bits per heavy atom. The summed E-state index contributed by atoms with van der Waals surface area (Å²) >= 11 is 0. The van der Waals surface area contributed by atoms with E-state index in [2.05, 4.69) is 0 Å². The fourth-order valence-electron chi connectivity index (χ4n) is 2.31. The van der Waals surface area contributed by atoms with Gasteiger partial charge >= 0.3 is 11.9 Å². The van der Waals surface area contributed by atoms with E-state index >= 15 is 0 Å².